The second-order valence-electron chi connectivity index (χ2n) is 5.34. The van der Waals surface area contributed by atoms with Gasteiger partial charge >= 0.3 is 0 Å². The molecule has 0 saturated heterocycles. The summed E-state index contributed by atoms with van der Waals surface area (Å²) in [6.45, 7) is 1.68. The van der Waals surface area contributed by atoms with Crippen molar-refractivity contribution in [2.75, 3.05) is 19.0 Å². The first-order valence-electron chi connectivity index (χ1n) is 6.70. The summed E-state index contributed by atoms with van der Waals surface area (Å²) in [4.78, 5) is 25.4. The Morgan fingerprint density at radius 3 is 2.20 bits per heavy atom. The number of hydrogen-bond acceptors (Lipinski definition) is 4. The Labute approximate surface area is 118 Å². The molecule has 0 fully saturated rings. The maximum absolute atomic E-state index is 11.8. The van der Waals surface area contributed by atoms with Crippen LogP contribution in [0.4, 0.5) is 5.69 Å². The molecule has 0 saturated carbocycles. The molecule has 0 aliphatic heterocycles. The summed E-state index contributed by atoms with van der Waals surface area (Å²) in [5.74, 6) is 0. The molecule has 0 heterocycles. The van der Waals surface area contributed by atoms with Crippen molar-refractivity contribution in [3.05, 3.63) is 50.3 Å². The molecule has 0 aliphatic carbocycles. The molecule has 106 valence electrons. The van der Waals surface area contributed by atoms with Crippen molar-refractivity contribution >= 4 is 5.69 Å². The number of anilines is 1. The topological polar surface area (TPSA) is 57.6 Å². The minimum Gasteiger partial charge on any atom is -0.393 e. The third-order valence-corrected chi connectivity index (χ3v) is 3.49. The number of hydrogen-bond donors (Lipinski definition) is 1. The molecule has 0 bridgehead atoms. The molecule has 4 nitrogen and oxygen atoms in total. The second kappa shape index (κ2) is 5.59. The van der Waals surface area contributed by atoms with Crippen LogP contribution in [-0.2, 0) is 6.42 Å². The summed E-state index contributed by atoms with van der Waals surface area (Å²) in [6, 6.07) is 7.56. The van der Waals surface area contributed by atoms with Gasteiger partial charge in [-0.05, 0) is 37.5 Å². The second-order valence-corrected chi connectivity index (χ2v) is 5.34. The van der Waals surface area contributed by atoms with Crippen LogP contribution in [0.15, 0.2) is 33.9 Å². The van der Waals surface area contributed by atoms with Crippen molar-refractivity contribution in [3.8, 4) is 11.1 Å². The SMILES string of the molecule is CC(O)CCc1c(-c2ccc(N(C)C)cc2)c(=O)c1=O. The molecule has 0 spiro atoms. The Hall–Kier alpha value is -1.94. The van der Waals surface area contributed by atoms with Gasteiger partial charge in [-0.3, -0.25) is 9.59 Å². The number of rotatable bonds is 5. The van der Waals surface area contributed by atoms with E-state index in [9.17, 15) is 14.7 Å². The van der Waals surface area contributed by atoms with Gasteiger partial charge in [0.25, 0.3) is 0 Å². The Kier molecular flexibility index (Phi) is 4.04. The average molecular weight is 273 g/mol. The van der Waals surface area contributed by atoms with Gasteiger partial charge < -0.3 is 10.0 Å². The van der Waals surface area contributed by atoms with E-state index in [1.54, 1.807) is 6.92 Å². The van der Waals surface area contributed by atoms with Crippen molar-refractivity contribution in [1.82, 2.24) is 0 Å². The Morgan fingerprint density at radius 2 is 1.70 bits per heavy atom. The predicted molar refractivity (Wildman–Crippen MR) is 81.1 cm³/mol. The third-order valence-electron chi connectivity index (χ3n) is 3.49. The van der Waals surface area contributed by atoms with Crippen LogP contribution in [0.3, 0.4) is 0 Å². The fraction of sp³-hybridized carbons (Fsp3) is 0.375. The van der Waals surface area contributed by atoms with Crippen molar-refractivity contribution in [3.63, 3.8) is 0 Å². The molecule has 1 unspecified atom stereocenters. The fourth-order valence-electron chi connectivity index (χ4n) is 2.26. The highest BCUT2D eigenvalue weighted by atomic mass is 16.3. The highest BCUT2D eigenvalue weighted by molar-refractivity contribution is 5.72. The van der Waals surface area contributed by atoms with Crippen LogP contribution in [0, 0.1) is 0 Å². The van der Waals surface area contributed by atoms with Gasteiger partial charge in [-0.1, -0.05) is 12.1 Å². The van der Waals surface area contributed by atoms with Gasteiger partial charge in [-0.15, -0.1) is 0 Å². The Morgan fingerprint density at radius 1 is 1.10 bits per heavy atom. The molecule has 0 aliphatic rings. The number of aliphatic hydroxyl groups is 1. The maximum atomic E-state index is 11.8. The van der Waals surface area contributed by atoms with Crippen LogP contribution in [-0.4, -0.2) is 25.3 Å². The van der Waals surface area contributed by atoms with E-state index in [1.807, 2.05) is 43.3 Å². The fourth-order valence-corrected chi connectivity index (χ4v) is 2.26. The van der Waals surface area contributed by atoms with Gasteiger partial charge in [0, 0.05) is 30.9 Å². The normalized spacial score (nSPS) is 12.6. The lowest BCUT2D eigenvalue weighted by atomic mass is 9.90. The van der Waals surface area contributed by atoms with E-state index in [4.69, 9.17) is 0 Å². The molecular formula is C16H19NO3. The Balaban J connectivity index is 2.31. The van der Waals surface area contributed by atoms with E-state index >= 15 is 0 Å². The van der Waals surface area contributed by atoms with Crippen molar-refractivity contribution < 1.29 is 5.11 Å². The highest BCUT2D eigenvalue weighted by Crippen LogP contribution is 2.23. The van der Waals surface area contributed by atoms with Gasteiger partial charge in [0.05, 0.1) is 6.10 Å². The molecule has 0 amide bonds. The zero-order chi connectivity index (χ0) is 14.9. The van der Waals surface area contributed by atoms with Crippen molar-refractivity contribution in [1.29, 1.82) is 0 Å². The van der Waals surface area contributed by atoms with E-state index in [0.717, 1.165) is 11.3 Å². The molecule has 0 aromatic heterocycles. The summed E-state index contributed by atoms with van der Waals surface area (Å²) < 4.78 is 0. The smallest absolute Gasteiger partial charge is 0.234 e. The number of benzene rings is 1. The Bertz CT molecular complexity index is 662. The van der Waals surface area contributed by atoms with Gasteiger partial charge in [0.15, 0.2) is 0 Å². The summed E-state index contributed by atoms with van der Waals surface area (Å²) >= 11 is 0. The van der Waals surface area contributed by atoms with Crippen LogP contribution >= 0.6 is 0 Å². The lowest BCUT2D eigenvalue weighted by Crippen LogP contribution is -2.37. The molecule has 2 aromatic rings. The summed E-state index contributed by atoms with van der Waals surface area (Å²) in [6.07, 6.45) is 0.476. The number of aliphatic hydroxyl groups excluding tert-OH is 1. The zero-order valence-electron chi connectivity index (χ0n) is 12.0. The highest BCUT2D eigenvalue weighted by Gasteiger charge is 2.21. The standard InChI is InChI=1S/C16H19NO3/c1-10(18)4-9-13-14(16(20)15(13)19)11-5-7-12(8-6-11)17(2)3/h5-8,10,18H,4,9H2,1-3H3. The van der Waals surface area contributed by atoms with E-state index in [-0.39, 0.29) is 0 Å². The summed E-state index contributed by atoms with van der Waals surface area (Å²) in [5, 5.41) is 9.30. The first-order chi connectivity index (χ1) is 9.41. The van der Waals surface area contributed by atoms with Gasteiger partial charge in [0.2, 0.25) is 10.9 Å². The quantitative estimate of drug-likeness (QED) is 0.835. The maximum Gasteiger partial charge on any atom is 0.234 e. The predicted octanol–water partition coefficient (Wildman–Crippen LogP) is 1.33. The first-order valence-corrected chi connectivity index (χ1v) is 6.70. The minimum atomic E-state index is -0.469. The monoisotopic (exact) mass is 273 g/mol. The summed E-state index contributed by atoms with van der Waals surface area (Å²) in [7, 11) is 3.89. The number of nitrogens with zero attached hydrogens (tertiary/aromatic N) is 1. The molecule has 1 atom stereocenters. The van der Waals surface area contributed by atoms with Crippen molar-refractivity contribution in [2.45, 2.75) is 25.9 Å². The summed E-state index contributed by atoms with van der Waals surface area (Å²) in [5.41, 5.74) is 2.06. The lowest BCUT2D eigenvalue weighted by Gasteiger charge is -2.15. The van der Waals surface area contributed by atoms with Gasteiger partial charge in [-0.2, -0.15) is 0 Å². The van der Waals surface area contributed by atoms with E-state index in [0.29, 0.717) is 24.0 Å². The van der Waals surface area contributed by atoms with Gasteiger partial charge in [-0.25, -0.2) is 0 Å². The van der Waals surface area contributed by atoms with Crippen molar-refractivity contribution in [2.24, 2.45) is 0 Å². The molecule has 4 heteroatoms. The van der Waals surface area contributed by atoms with E-state index < -0.39 is 17.0 Å². The van der Waals surface area contributed by atoms with Gasteiger partial charge in [0.1, 0.15) is 0 Å². The zero-order valence-corrected chi connectivity index (χ0v) is 12.0. The van der Waals surface area contributed by atoms with E-state index in [2.05, 4.69) is 0 Å². The molecule has 20 heavy (non-hydrogen) atoms. The largest absolute Gasteiger partial charge is 0.393 e. The van der Waals surface area contributed by atoms with E-state index in [1.165, 1.54) is 0 Å². The van der Waals surface area contributed by atoms with Crippen LogP contribution in [0.5, 0.6) is 0 Å². The lowest BCUT2D eigenvalue weighted by molar-refractivity contribution is 0.185. The molecule has 2 aromatic carbocycles. The molecular weight excluding hydrogens is 254 g/mol. The minimum absolute atomic E-state index is 0.405. The average Bonchev–Trinajstić information content (AvgIpc) is 2.42. The third kappa shape index (κ3) is 2.65. The van der Waals surface area contributed by atoms with Crippen LogP contribution < -0.4 is 15.8 Å². The molecule has 0 radical (unpaired) electrons. The first kappa shape index (κ1) is 14.5. The van der Waals surface area contributed by atoms with Crippen LogP contribution in [0.2, 0.25) is 0 Å². The van der Waals surface area contributed by atoms with Crippen LogP contribution in [0.1, 0.15) is 18.9 Å². The molecule has 1 N–H and O–H groups in total. The molecule has 2 rings (SSSR count). The van der Waals surface area contributed by atoms with Crippen LogP contribution in [0.25, 0.3) is 11.1 Å².